The van der Waals surface area contributed by atoms with Crippen LogP contribution in [-0.2, 0) is 11.3 Å². The molecule has 0 saturated carbocycles. The Bertz CT molecular complexity index is 461. The maximum Gasteiger partial charge on any atom is 0.224 e. The molecule has 1 aliphatic rings. The van der Waals surface area contributed by atoms with Gasteiger partial charge in [0.05, 0.1) is 0 Å². The number of amides is 1. The first-order valence-electron chi connectivity index (χ1n) is 7.55. The molecule has 1 heterocycles. The van der Waals surface area contributed by atoms with Gasteiger partial charge in [0.2, 0.25) is 5.91 Å². The van der Waals surface area contributed by atoms with E-state index in [2.05, 4.69) is 4.90 Å². The predicted octanol–water partition coefficient (Wildman–Crippen LogP) is 1.60. The Morgan fingerprint density at radius 2 is 1.95 bits per heavy atom. The van der Waals surface area contributed by atoms with Crippen LogP contribution in [0, 0.1) is 5.82 Å². The Morgan fingerprint density at radius 1 is 1.24 bits per heavy atom. The lowest BCUT2D eigenvalue weighted by atomic mass is 10.2. The van der Waals surface area contributed by atoms with E-state index in [0.717, 1.165) is 44.7 Å². The van der Waals surface area contributed by atoms with Crippen LogP contribution >= 0.6 is 0 Å². The molecule has 1 unspecified atom stereocenters. The first kappa shape index (κ1) is 15.9. The monoisotopic (exact) mass is 293 g/mol. The minimum absolute atomic E-state index is 0.0870. The van der Waals surface area contributed by atoms with E-state index < -0.39 is 0 Å². The molecule has 2 N–H and O–H groups in total. The van der Waals surface area contributed by atoms with Crippen LogP contribution in [0.1, 0.15) is 25.3 Å². The van der Waals surface area contributed by atoms with Gasteiger partial charge in [-0.25, -0.2) is 4.39 Å². The minimum atomic E-state index is -0.206. The van der Waals surface area contributed by atoms with Crippen molar-refractivity contribution in [1.82, 2.24) is 9.80 Å². The van der Waals surface area contributed by atoms with Gasteiger partial charge in [0, 0.05) is 45.2 Å². The summed E-state index contributed by atoms with van der Waals surface area (Å²) in [5.74, 6) is -0.0593. The fourth-order valence-electron chi connectivity index (χ4n) is 2.63. The summed E-state index contributed by atoms with van der Waals surface area (Å²) in [6, 6.07) is 6.53. The fourth-order valence-corrected chi connectivity index (χ4v) is 2.63. The van der Waals surface area contributed by atoms with E-state index in [4.69, 9.17) is 5.73 Å². The normalized spacial score (nSPS) is 18.3. The van der Waals surface area contributed by atoms with Crippen molar-refractivity contribution in [2.45, 2.75) is 32.4 Å². The van der Waals surface area contributed by atoms with Crippen molar-refractivity contribution in [2.75, 3.05) is 26.2 Å². The van der Waals surface area contributed by atoms with Crippen molar-refractivity contribution in [3.8, 4) is 0 Å². The molecule has 1 amide bonds. The van der Waals surface area contributed by atoms with Gasteiger partial charge in [0.15, 0.2) is 0 Å². The lowest BCUT2D eigenvalue weighted by Gasteiger charge is -2.22. The van der Waals surface area contributed by atoms with Gasteiger partial charge >= 0.3 is 0 Å². The van der Waals surface area contributed by atoms with E-state index in [1.807, 2.05) is 24.0 Å². The molecule has 5 heteroatoms. The third-order valence-corrected chi connectivity index (χ3v) is 3.76. The van der Waals surface area contributed by atoms with Crippen molar-refractivity contribution < 1.29 is 9.18 Å². The highest BCUT2D eigenvalue weighted by atomic mass is 19.1. The van der Waals surface area contributed by atoms with E-state index in [1.54, 1.807) is 0 Å². The molecule has 21 heavy (non-hydrogen) atoms. The first-order chi connectivity index (χ1) is 10.0. The SMILES string of the molecule is CC(N)CC(=O)N1CCCN(Cc2ccc(F)cc2)CC1. The van der Waals surface area contributed by atoms with Gasteiger partial charge in [-0.2, -0.15) is 0 Å². The van der Waals surface area contributed by atoms with Crippen LogP contribution in [-0.4, -0.2) is 47.9 Å². The molecule has 4 nitrogen and oxygen atoms in total. The molecule has 116 valence electrons. The zero-order chi connectivity index (χ0) is 15.2. The highest BCUT2D eigenvalue weighted by molar-refractivity contribution is 5.76. The molecule has 1 fully saturated rings. The van der Waals surface area contributed by atoms with Crippen LogP contribution < -0.4 is 5.73 Å². The molecule has 1 aliphatic heterocycles. The molecule has 1 atom stereocenters. The summed E-state index contributed by atoms with van der Waals surface area (Å²) in [4.78, 5) is 16.3. The number of rotatable bonds is 4. The molecule has 0 aliphatic carbocycles. The molecule has 1 aromatic carbocycles. The molecule has 0 aromatic heterocycles. The Balaban J connectivity index is 1.85. The topological polar surface area (TPSA) is 49.6 Å². The lowest BCUT2D eigenvalue weighted by Crippen LogP contribution is -2.37. The largest absolute Gasteiger partial charge is 0.341 e. The van der Waals surface area contributed by atoms with Crippen LogP contribution in [0.3, 0.4) is 0 Å². The third kappa shape index (κ3) is 5.10. The van der Waals surface area contributed by atoms with E-state index in [9.17, 15) is 9.18 Å². The van der Waals surface area contributed by atoms with Crippen molar-refractivity contribution in [3.63, 3.8) is 0 Å². The fraction of sp³-hybridized carbons (Fsp3) is 0.562. The standard InChI is InChI=1S/C16H24FN3O/c1-13(18)11-16(21)20-8-2-7-19(9-10-20)12-14-3-5-15(17)6-4-14/h3-6,13H,2,7-12,18H2,1H3. The Labute approximate surface area is 125 Å². The lowest BCUT2D eigenvalue weighted by molar-refractivity contribution is -0.131. The second-order valence-electron chi connectivity index (χ2n) is 5.82. The average molecular weight is 293 g/mol. The van der Waals surface area contributed by atoms with Gasteiger partial charge in [0.1, 0.15) is 5.82 Å². The molecule has 2 rings (SSSR count). The Kier molecular flexibility index (Phi) is 5.70. The summed E-state index contributed by atoms with van der Waals surface area (Å²) in [7, 11) is 0. The Hall–Kier alpha value is -1.46. The van der Waals surface area contributed by atoms with Gasteiger partial charge in [-0.3, -0.25) is 9.69 Å². The predicted molar refractivity (Wildman–Crippen MR) is 81.1 cm³/mol. The third-order valence-electron chi connectivity index (χ3n) is 3.76. The van der Waals surface area contributed by atoms with Gasteiger partial charge in [-0.15, -0.1) is 0 Å². The second-order valence-corrected chi connectivity index (χ2v) is 5.82. The highest BCUT2D eigenvalue weighted by Crippen LogP contribution is 2.11. The van der Waals surface area contributed by atoms with Crippen LogP contribution in [0.15, 0.2) is 24.3 Å². The van der Waals surface area contributed by atoms with Crippen molar-refractivity contribution in [2.24, 2.45) is 5.73 Å². The van der Waals surface area contributed by atoms with Crippen LogP contribution in [0.2, 0.25) is 0 Å². The number of hydrogen-bond donors (Lipinski definition) is 1. The first-order valence-corrected chi connectivity index (χ1v) is 7.55. The van der Waals surface area contributed by atoms with Crippen molar-refractivity contribution in [1.29, 1.82) is 0 Å². The Morgan fingerprint density at radius 3 is 2.62 bits per heavy atom. The zero-order valence-electron chi connectivity index (χ0n) is 12.6. The second kappa shape index (κ2) is 7.52. The molecule has 0 bridgehead atoms. The summed E-state index contributed by atoms with van der Waals surface area (Å²) in [5.41, 5.74) is 6.80. The van der Waals surface area contributed by atoms with Gasteiger partial charge in [-0.1, -0.05) is 12.1 Å². The van der Waals surface area contributed by atoms with E-state index >= 15 is 0 Å². The van der Waals surface area contributed by atoms with E-state index in [1.165, 1.54) is 12.1 Å². The number of carbonyl (C=O) groups excluding carboxylic acids is 1. The number of nitrogens with zero attached hydrogens (tertiary/aromatic N) is 2. The summed E-state index contributed by atoms with van der Waals surface area (Å²) in [6.45, 7) is 6.01. The smallest absolute Gasteiger partial charge is 0.224 e. The quantitative estimate of drug-likeness (QED) is 0.917. The number of carbonyl (C=O) groups is 1. The molecule has 0 spiro atoms. The minimum Gasteiger partial charge on any atom is -0.341 e. The average Bonchev–Trinajstić information content (AvgIpc) is 2.66. The van der Waals surface area contributed by atoms with Gasteiger partial charge < -0.3 is 10.6 Å². The summed E-state index contributed by atoms with van der Waals surface area (Å²) >= 11 is 0. The van der Waals surface area contributed by atoms with Crippen LogP contribution in [0.5, 0.6) is 0 Å². The zero-order valence-corrected chi connectivity index (χ0v) is 12.6. The molecule has 1 saturated heterocycles. The number of hydrogen-bond acceptors (Lipinski definition) is 3. The summed E-state index contributed by atoms with van der Waals surface area (Å²) in [5, 5.41) is 0. The van der Waals surface area contributed by atoms with Gasteiger partial charge in [-0.05, 0) is 31.0 Å². The molecule has 0 radical (unpaired) electrons. The van der Waals surface area contributed by atoms with Gasteiger partial charge in [0.25, 0.3) is 0 Å². The van der Waals surface area contributed by atoms with E-state index in [-0.39, 0.29) is 17.8 Å². The van der Waals surface area contributed by atoms with Crippen molar-refractivity contribution >= 4 is 5.91 Å². The summed E-state index contributed by atoms with van der Waals surface area (Å²) in [6.07, 6.45) is 1.38. The number of halogens is 1. The maximum atomic E-state index is 12.9. The van der Waals surface area contributed by atoms with E-state index in [0.29, 0.717) is 6.42 Å². The van der Waals surface area contributed by atoms with Crippen LogP contribution in [0.4, 0.5) is 4.39 Å². The summed E-state index contributed by atoms with van der Waals surface area (Å²) < 4.78 is 12.9. The number of nitrogens with two attached hydrogens (primary N) is 1. The van der Waals surface area contributed by atoms with Crippen LogP contribution in [0.25, 0.3) is 0 Å². The number of benzene rings is 1. The highest BCUT2D eigenvalue weighted by Gasteiger charge is 2.19. The molecule has 1 aromatic rings. The molecular formula is C16H24FN3O. The molecular weight excluding hydrogens is 269 g/mol. The maximum absolute atomic E-state index is 12.9. The van der Waals surface area contributed by atoms with Crippen molar-refractivity contribution in [3.05, 3.63) is 35.6 Å².